The van der Waals surface area contributed by atoms with E-state index in [2.05, 4.69) is 47.4 Å². The molecule has 7 heterocycles. The average Bonchev–Trinajstić information content (AvgIpc) is 3.57. The number of hydrogen-bond acceptors (Lipinski definition) is 14. The molecule has 4 aliphatic heterocycles. The first kappa shape index (κ1) is 36.7. The molecule has 0 bridgehead atoms. The van der Waals surface area contributed by atoms with E-state index >= 15 is 0 Å². The molecule has 8 rings (SSSR count). The summed E-state index contributed by atoms with van der Waals surface area (Å²) >= 11 is 8.06. The first-order valence-corrected chi connectivity index (χ1v) is 22.3. The third-order valence-corrected chi connectivity index (χ3v) is 10.0. The number of halogens is 2. The summed E-state index contributed by atoms with van der Waals surface area (Å²) in [5.74, 6) is 2.18. The molecule has 2 fully saturated rings. The number of alkyl halides is 1. The fourth-order valence-corrected chi connectivity index (χ4v) is 7.79. The number of ether oxygens (including phenoxy) is 4. The number of hydrogen-bond donors (Lipinski definition) is 1. The Kier molecular flexibility index (Phi) is 11.2. The van der Waals surface area contributed by atoms with E-state index in [1.54, 1.807) is 0 Å². The third-order valence-electron chi connectivity index (χ3n) is 8.28. The summed E-state index contributed by atoms with van der Waals surface area (Å²) < 4.78 is 69.6. The van der Waals surface area contributed by atoms with Crippen molar-refractivity contribution in [2.45, 2.75) is 23.6 Å². The zero-order valence-corrected chi connectivity index (χ0v) is 32.2. The number of aromatic amines is 1. The molecule has 4 aliphatic rings. The van der Waals surface area contributed by atoms with Crippen LogP contribution in [0.1, 0.15) is 11.4 Å². The molecule has 1 N–H and O–H groups in total. The van der Waals surface area contributed by atoms with Crippen molar-refractivity contribution >= 4 is 76.4 Å². The first-order chi connectivity index (χ1) is 23.9. The van der Waals surface area contributed by atoms with Crippen LogP contribution in [0.5, 0.6) is 11.5 Å². The van der Waals surface area contributed by atoms with E-state index in [-0.39, 0.29) is 28.9 Å². The van der Waals surface area contributed by atoms with Gasteiger partial charge in [-0.1, -0.05) is 34.7 Å². The minimum Gasteiger partial charge on any atom is -0.486 e. The van der Waals surface area contributed by atoms with Gasteiger partial charge in [0, 0.05) is 48.3 Å². The van der Waals surface area contributed by atoms with Crippen molar-refractivity contribution in [3.8, 4) is 22.9 Å². The van der Waals surface area contributed by atoms with Crippen molar-refractivity contribution in [2.75, 3.05) is 80.0 Å². The molecule has 270 valence electrons. The number of benzene rings is 1. The van der Waals surface area contributed by atoms with Crippen molar-refractivity contribution in [3.63, 3.8) is 0 Å². The Balaban J connectivity index is 0.000000174. The number of fused-ring (bicyclic) bond motifs is 7. The Morgan fingerprint density at radius 1 is 0.800 bits per heavy atom. The van der Waals surface area contributed by atoms with Gasteiger partial charge in [0.1, 0.15) is 24.6 Å². The zero-order valence-electron chi connectivity index (χ0n) is 27.6. The molecule has 0 spiro atoms. The number of anilines is 2. The second-order valence-corrected chi connectivity index (χ2v) is 16.7. The van der Waals surface area contributed by atoms with E-state index in [9.17, 15) is 16.8 Å². The van der Waals surface area contributed by atoms with E-state index in [1.165, 1.54) is 6.26 Å². The van der Waals surface area contributed by atoms with Gasteiger partial charge in [0.2, 0.25) is 5.28 Å². The molecule has 15 nitrogen and oxygen atoms in total. The molecule has 4 aromatic rings. The number of nitrogens with one attached hydrogen (secondary N) is 1. The summed E-state index contributed by atoms with van der Waals surface area (Å²) in [6.07, 6.45) is 4.22. The van der Waals surface area contributed by atoms with Crippen molar-refractivity contribution in [1.29, 1.82) is 0 Å². The standard InChI is InChI=1S/C19H20N4O4S.C11H14ClN3O4S.CH3I/c1-28(24,25)11-16-17-19(23-7-8-26-9-12(23)10-27-17)22-18(21-16)14-3-2-4-15-13(14)5-6-20-15;1-20(16,17)6-8-9-10(14-11(12)13-8)15-2-3-18-4-7(15)5-19-9;1-2/h2-6,12,20H,7-11H2,1H3;7H,2-6H2,1H3;1H3. The second-order valence-electron chi connectivity index (χ2n) is 12.1. The quantitative estimate of drug-likeness (QED) is 0.176. The lowest BCUT2D eigenvalue weighted by molar-refractivity contribution is 0.0692. The van der Waals surface area contributed by atoms with Gasteiger partial charge in [0.25, 0.3) is 0 Å². The van der Waals surface area contributed by atoms with Gasteiger partial charge < -0.3 is 33.7 Å². The summed E-state index contributed by atoms with van der Waals surface area (Å²) in [4.78, 5) is 27.0. The molecule has 2 saturated heterocycles. The van der Waals surface area contributed by atoms with Gasteiger partial charge in [-0.2, -0.15) is 4.98 Å². The highest BCUT2D eigenvalue weighted by atomic mass is 127. The molecular weight excluding hydrogens is 825 g/mol. The van der Waals surface area contributed by atoms with Crippen LogP contribution >= 0.6 is 34.2 Å². The zero-order chi connectivity index (χ0) is 35.6. The van der Waals surface area contributed by atoms with Crippen molar-refractivity contribution in [3.05, 3.63) is 47.1 Å². The highest BCUT2D eigenvalue weighted by molar-refractivity contribution is 14.1. The molecule has 50 heavy (non-hydrogen) atoms. The highest BCUT2D eigenvalue weighted by Crippen LogP contribution is 2.39. The molecular formula is C31H37ClIN7O8S2. The Labute approximate surface area is 309 Å². The molecule has 0 radical (unpaired) electrons. The topological polar surface area (TPSA) is 179 Å². The normalized spacial score (nSPS) is 19.6. The Morgan fingerprint density at radius 3 is 1.94 bits per heavy atom. The molecule has 0 aliphatic carbocycles. The van der Waals surface area contributed by atoms with Crippen LogP contribution in [0.3, 0.4) is 0 Å². The van der Waals surface area contributed by atoms with Crippen molar-refractivity contribution in [2.24, 2.45) is 0 Å². The molecule has 3 aromatic heterocycles. The largest absolute Gasteiger partial charge is 0.486 e. The minimum atomic E-state index is -3.29. The lowest BCUT2D eigenvalue weighted by Crippen LogP contribution is -2.51. The van der Waals surface area contributed by atoms with Crippen LogP contribution in [0.4, 0.5) is 11.6 Å². The number of nitrogens with zero attached hydrogens (tertiary/aromatic N) is 6. The first-order valence-electron chi connectivity index (χ1n) is 15.6. The Hall–Kier alpha value is -3.04. The summed E-state index contributed by atoms with van der Waals surface area (Å²) in [7, 11) is -6.52. The average molecular weight is 862 g/mol. The smallest absolute Gasteiger partial charge is 0.224 e. The van der Waals surface area contributed by atoms with Crippen LogP contribution < -0.4 is 19.3 Å². The lowest BCUT2D eigenvalue weighted by Gasteiger charge is -2.40. The van der Waals surface area contributed by atoms with Crippen molar-refractivity contribution in [1.82, 2.24) is 24.9 Å². The second kappa shape index (κ2) is 15.3. The maximum atomic E-state index is 12.0. The number of morpholine rings is 2. The monoisotopic (exact) mass is 861 g/mol. The van der Waals surface area contributed by atoms with Crippen LogP contribution in [0.25, 0.3) is 22.3 Å². The molecule has 2 unspecified atom stereocenters. The Bertz CT molecular complexity index is 2090. The number of H-pyrrole nitrogens is 1. The van der Waals surface area contributed by atoms with Gasteiger partial charge in [-0.3, -0.25) is 0 Å². The lowest BCUT2D eigenvalue weighted by atomic mass is 10.1. The van der Waals surface area contributed by atoms with E-state index in [0.717, 1.165) is 22.7 Å². The van der Waals surface area contributed by atoms with Gasteiger partial charge in [-0.15, -0.1) is 0 Å². The minimum absolute atomic E-state index is 0.0261. The summed E-state index contributed by atoms with van der Waals surface area (Å²) in [6.45, 7) is 4.53. The fourth-order valence-electron chi connectivity index (χ4n) is 6.22. The van der Waals surface area contributed by atoms with E-state index in [0.29, 0.717) is 93.1 Å². The molecule has 1 aromatic carbocycles. The maximum absolute atomic E-state index is 12.0. The van der Waals surface area contributed by atoms with Crippen LogP contribution in [-0.4, -0.2) is 124 Å². The van der Waals surface area contributed by atoms with Crippen LogP contribution in [-0.2, 0) is 40.7 Å². The van der Waals surface area contributed by atoms with Gasteiger partial charge in [-0.05, 0) is 28.7 Å². The van der Waals surface area contributed by atoms with E-state index in [4.69, 9.17) is 35.5 Å². The van der Waals surface area contributed by atoms with Gasteiger partial charge in [0.05, 0.1) is 50.0 Å². The summed E-state index contributed by atoms with van der Waals surface area (Å²) in [6, 6.07) is 7.98. The van der Waals surface area contributed by atoms with Crippen LogP contribution in [0.15, 0.2) is 30.5 Å². The van der Waals surface area contributed by atoms with Gasteiger partial charge in [0.15, 0.2) is 48.6 Å². The van der Waals surface area contributed by atoms with Crippen molar-refractivity contribution < 1.29 is 35.8 Å². The highest BCUT2D eigenvalue weighted by Gasteiger charge is 2.36. The predicted molar refractivity (Wildman–Crippen MR) is 198 cm³/mol. The summed E-state index contributed by atoms with van der Waals surface area (Å²) in [5, 5.41) is 1.01. The molecule has 2 atom stereocenters. The molecule has 19 heteroatoms. The SMILES string of the molecule is CI.CS(=O)(=O)Cc1nc(-c2cccc3[nH]ccc23)nc2c1OCC1COCCN21.CS(=O)(=O)Cc1nc(Cl)nc2c1OCC1COCCN21. The number of sulfone groups is 2. The molecule has 0 saturated carbocycles. The number of aromatic nitrogens is 5. The third kappa shape index (κ3) is 8.20. The van der Waals surface area contributed by atoms with Crippen LogP contribution in [0, 0.1) is 0 Å². The number of rotatable bonds is 5. The molecule has 0 amide bonds. The fraction of sp³-hybridized carbons (Fsp3) is 0.484. The van der Waals surface area contributed by atoms with E-state index < -0.39 is 19.7 Å². The van der Waals surface area contributed by atoms with Crippen LogP contribution in [0.2, 0.25) is 5.28 Å². The van der Waals surface area contributed by atoms with E-state index in [1.807, 2.05) is 40.3 Å². The Morgan fingerprint density at radius 2 is 1.36 bits per heavy atom. The maximum Gasteiger partial charge on any atom is 0.224 e. The van der Waals surface area contributed by atoms with Gasteiger partial charge >= 0.3 is 0 Å². The summed E-state index contributed by atoms with van der Waals surface area (Å²) in [5.41, 5.74) is 2.54. The predicted octanol–water partition coefficient (Wildman–Crippen LogP) is 3.09. The van der Waals surface area contributed by atoms with Gasteiger partial charge in [-0.25, -0.2) is 31.8 Å².